The topological polar surface area (TPSA) is 57.2 Å². The van der Waals surface area contributed by atoms with Crippen LogP contribution in [0.2, 0.25) is 0 Å². The van der Waals surface area contributed by atoms with Gasteiger partial charge in [-0.2, -0.15) is 31.4 Å². The monoisotopic (exact) mass is 498 g/mol. The van der Waals surface area contributed by atoms with Crippen molar-refractivity contribution in [3.05, 3.63) is 53.3 Å². The highest BCUT2D eigenvalue weighted by atomic mass is 19.4. The molecule has 1 aromatic carbocycles. The second-order valence-electron chi connectivity index (χ2n) is 8.59. The quantitative estimate of drug-likeness (QED) is 0.488. The Morgan fingerprint density at radius 3 is 2.37 bits per heavy atom. The van der Waals surface area contributed by atoms with Crippen LogP contribution in [0.1, 0.15) is 29.8 Å². The first-order valence-electron chi connectivity index (χ1n) is 11.0. The van der Waals surface area contributed by atoms with E-state index >= 15 is 0 Å². The molecule has 12 heteroatoms. The average Bonchev–Trinajstić information content (AvgIpc) is 2.79. The molecular formula is C23H24F6N6. The second-order valence-corrected chi connectivity index (χ2v) is 8.59. The molecule has 1 atom stereocenters. The molecule has 35 heavy (non-hydrogen) atoms. The smallest absolute Gasteiger partial charge is 0.368 e. The lowest BCUT2D eigenvalue weighted by Gasteiger charge is -2.36. The van der Waals surface area contributed by atoms with Gasteiger partial charge in [0.15, 0.2) is 5.82 Å². The van der Waals surface area contributed by atoms with E-state index in [4.69, 9.17) is 0 Å². The maximum Gasteiger partial charge on any atom is 0.416 e. The van der Waals surface area contributed by atoms with Gasteiger partial charge in [-0.1, -0.05) is 12.1 Å². The largest absolute Gasteiger partial charge is 0.416 e. The van der Waals surface area contributed by atoms with Crippen LogP contribution >= 0.6 is 0 Å². The van der Waals surface area contributed by atoms with Gasteiger partial charge in [-0.15, -0.1) is 5.10 Å². The summed E-state index contributed by atoms with van der Waals surface area (Å²) in [5, 5.41) is 12.1. The maximum atomic E-state index is 13.1. The van der Waals surface area contributed by atoms with Gasteiger partial charge in [0, 0.05) is 31.6 Å². The summed E-state index contributed by atoms with van der Waals surface area (Å²) in [4.78, 5) is 7.81. The lowest BCUT2D eigenvalue weighted by Crippen LogP contribution is -2.49. The highest BCUT2D eigenvalue weighted by molar-refractivity contribution is 5.92. The number of benzene rings is 1. The number of fused-ring (bicyclic) bond motifs is 1. The molecule has 0 spiro atoms. The minimum absolute atomic E-state index is 0.267. The number of piperazine rings is 1. The summed E-state index contributed by atoms with van der Waals surface area (Å²) < 4.78 is 77.4. The molecular weight excluding hydrogens is 474 g/mol. The molecule has 3 heterocycles. The maximum absolute atomic E-state index is 13.1. The van der Waals surface area contributed by atoms with E-state index in [1.54, 1.807) is 26.1 Å². The molecule has 188 valence electrons. The van der Waals surface area contributed by atoms with E-state index in [2.05, 4.69) is 20.5 Å². The molecule has 0 amide bonds. The van der Waals surface area contributed by atoms with E-state index in [0.717, 1.165) is 17.8 Å². The number of nitrogens with one attached hydrogen (secondary N) is 1. The van der Waals surface area contributed by atoms with Crippen LogP contribution in [-0.2, 0) is 6.18 Å². The number of nitrogens with zero attached hydrogens (tertiary/aromatic N) is 5. The van der Waals surface area contributed by atoms with Gasteiger partial charge in [0.05, 0.1) is 41.2 Å². The summed E-state index contributed by atoms with van der Waals surface area (Å²) >= 11 is 0. The van der Waals surface area contributed by atoms with Crippen molar-refractivity contribution in [1.29, 1.82) is 0 Å². The molecule has 4 rings (SSSR count). The van der Waals surface area contributed by atoms with Crippen LogP contribution in [0, 0.1) is 6.92 Å². The Kier molecular flexibility index (Phi) is 6.76. The van der Waals surface area contributed by atoms with Crippen LogP contribution in [0.5, 0.6) is 0 Å². The lowest BCUT2D eigenvalue weighted by molar-refractivity contribution is -0.146. The molecule has 1 aliphatic heterocycles. The molecule has 0 aliphatic carbocycles. The molecule has 3 aromatic rings. The molecule has 1 saturated heterocycles. The fraction of sp³-hybridized carbons (Fsp3) is 0.435. The molecule has 1 fully saturated rings. The number of anilines is 2. The van der Waals surface area contributed by atoms with E-state index in [1.165, 1.54) is 11.0 Å². The van der Waals surface area contributed by atoms with E-state index < -0.39 is 30.5 Å². The third-order valence-corrected chi connectivity index (χ3v) is 5.98. The van der Waals surface area contributed by atoms with Crippen LogP contribution in [0.3, 0.4) is 0 Å². The van der Waals surface area contributed by atoms with Gasteiger partial charge in [0.1, 0.15) is 0 Å². The zero-order valence-electron chi connectivity index (χ0n) is 19.1. The van der Waals surface area contributed by atoms with Crippen LogP contribution in [0.25, 0.3) is 10.9 Å². The number of rotatable bonds is 5. The van der Waals surface area contributed by atoms with Gasteiger partial charge in [-0.25, -0.2) is 0 Å². The standard InChI is InChI=1S/C23H24F6N6/c1-14(16-4-3-5-17(10-16)23(27,28)29)31-21-19-11-18(12-30-20(19)15(2)32-33-21)35-8-6-34(7-9-35)13-22(24,25)26/h3-5,10-12,14H,6-9,13H2,1-2H3,(H,31,33). The van der Waals surface area contributed by atoms with Crippen molar-refractivity contribution in [3.63, 3.8) is 0 Å². The molecule has 2 aromatic heterocycles. The Hall–Kier alpha value is -3.15. The predicted octanol–water partition coefficient (Wildman–Crippen LogP) is 5.21. The summed E-state index contributed by atoms with van der Waals surface area (Å²) in [6.45, 7) is 3.88. The number of halogens is 6. The van der Waals surface area contributed by atoms with Crippen LogP contribution in [0.15, 0.2) is 36.5 Å². The van der Waals surface area contributed by atoms with Crippen molar-refractivity contribution >= 4 is 22.4 Å². The number of aromatic nitrogens is 3. The van der Waals surface area contributed by atoms with E-state index in [0.29, 0.717) is 41.1 Å². The zero-order chi connectivity index (χ0) is 25.4. The first-order valence-corrected chi connectivity index (χ1v) is 11.0. The third-order valence-electron chi connectivity index (χ3n) is 5.98. The highest BCUT2D eigenvalue weighted by Gasteiger charge is 2.32. The normalized spacial score (nSPS) is 16.5. The summed E-state index contributed by atoms with van der Waals surface area (Å²) in [6.07, 6.45) is -7.04. The molecule has 6 nitrogen and oxygen atoms in total. The molecule has 0 bridgehead atoms. The number of pyridine rings is 1. The Balaban J connectivity index is 1.57. The average molecular weight is 498 g/mol. The van der Waals surface area contributed by atoms with Crippen molar-refractivity contribution in [2.45, 2.75) is 32.2 Å². The van der Waals surface area contributed by atoms with E-state index in [1.807, 2.05) is 11.0 Å². The zero-order valence-corrected chi connectivity index (χ0v) is 19.1. The van der Waals surface area contributed by atoms with Crippen molar-refractivity contribution in [2.24, 2.45) is 0 Å². The summed E-state index contributed by atoms with van der Waals surface area (Å²) in [7, 11) is 0. The van der Waals surface area contributed by atoms with Gasteiger partial charge in [-0.05, 0) is 37.6 Å². The summed E-state index contributed by atoms with van der Waals surface area (Å²) in [5.41, 5.74) is 1.58. The van der Waals surface area contributed by atoms with Gasteiger partial charge in [0.25, 0.3) is 0 Å². The highest BCUT2D eigenvalue weighted by Crippen LogP contribution is 2.33. The van der Waals surface area contributed by atoms with E-state index in [-0.39, 0.29) is 13.1 Å². The van der Waals surface area contributed by atoms with Gasteiger partial charge in [0.2, 0.25) is 0 Å². The number of alkyl halides is 6. The van der Waals surface area contributed by atoms with Crippen molar-refractivity contribution in [2.75, 3.05) is 42.9 Å². The Labute approximate surface area is 198 Å². The number of aryl methyl sites for hydroxylation is 1. The Morgan fingerprint density at radius 2 is 1.71 bits per heavy atom. The first-order chi connectivity index (χ1) is 16.4. The summed E-state index contributed by atoms with van der Waals surface area (Å²) in [5.74, 6) is 0.362. The van der Waals surface area contributed by atoms with Crippen molar-refractivity contribution in [1.82, 2.24) is 20.1 Å². The van der Waals surface area contributed by atoms with Crippen LogP contribution in [0.4, 0.5) is 37.8 Å². The van der Waals surface area contributed by atoms with Crippen molar-refractivity contribution < 1.29 is 26.3 Å². The minimum atomic E-state index is -4.45. The predicted molar refractivity (Wildman–Crippen MR) is 120 cm³/mol. The fourth-order valence-electron chi connectivity index (χ4n) is 4.12. The first kappa shape index (κ1) is 25.0. The Bertz CT molecular complexity index is 1190. The minimum Gasteiger partial charge on any atom is -0.368 e. The lowest BCUT2D eigenvalue weighted by atomic mass is 10.0. The second kappa shape index (κ2) is 9.48. The Morgan fingerprint density at radius 1 is 1.00 bits per heavy atom. The summed E-state index contributed by atoms with van der Waals surface area (Å²) in [6, 6.07) is 6.39. The van der Waals surface area contributed by atoms with Gasteiger partial charge < -0.3 is 10.2 Å². The van der Waals surface area contributed by atoms with Crippen molar-refractivity contribution in [3.8, 4) is 0 Å². The van der Waals surface area contributed by atoms with Gasteiger partial charge >= 0.3 is 12.4 Å². The SMILES string of the molecule is Cc1nnc(NC(C)c2cccc(C(F)(F)F)c2)c2cc(N3CCN(CC(F)(F)F)CC3)cnc12. The van der Waals surface area contributed by atoms with Crippen LogP contribution < -0.4 is 10.2 Å². The third kappa shape index (κ3) is 5.92. The molecule has 1 unspecified atom stereocenters. The van der Waals surface area contributed by atoms with E-state index in [9.17, 15) is 26.3 Å². The fourth-order valence-corrected chi connectivity index (χ4v) is 4.12. The molecule has 1 aliphatic rings. The van der Waals surface area contributed by atoms with Crippen LogP contribution in [-0.4, -0.2) is 59.0 Å². The molecule has 1 N–H and O–H groups in total. The number of hydrogen-bond acceptors (Lipinski definition) is 6. The number of hydrogen-bond donors (Lipinski definition) is 1. The molecule has 0 saturated carbocycles. The van der Waals surface area contributed by atoms with Gasteiger partial charge in [-0.3, -0.25) is 9.88 Å². The molecule has 0 radical (unpaired) electrons.